The van der Waals surface area contributed by atoms with Gasteiger partial charge in [-0.05, 0) is 88.9 Å². The molecular weight excluding hydrogens is 256 g/mol. The van der Waals surface area contributed by atoms with Crippen LogP contribution in [0.25, 0.3) is 0 Å². The van der Waals surface area contributed by atoms with Crippen molar-refractivity contribution in [3.8, 4) is 0 Å². The van der Waals surface area contributed by atoms with Crippen molar-refractivity contribution >= 4 is 0 Å². The van der Waals surface area contributed by atoms with Crippen LogP contribution in [-0.2, 0) is 0 Å². The van der Waals surface area contributed by atoms with E-state index in [1.807, 2.05) is 0 Å². The second kappa shape index (κ2) is 7.97. The fourth-order valence-corrected chi connectivity index (χ4v) is 4.47. The molecule has 0 amide bonds. The molecule has 21 heavy (non-hydrogen) atoms. The van der Waals surface area contributed by atoms with Crippen LogP contribution in [0.4, 0.5) is 0 Å². The van der Waals surface area contributed by atoms with Crippen LogP contribution in [0.1, 0.15) is 72.1 Å². The molecule has 0 aromatic rings. The van der Waals surface area contributed by atoms with E-state index >= 15 is 0 Å². The van der Waals surface area contributed by atoms with Gasteiger partial charge < -0.3 is 10.2 Å². The van der Waals surface area contributed by atoms with Gasteiger partial charge in [-0.3, -0.25) is 0 Å². The van der Waals surface area contributed by atoms with Crippen LogP contribution < -0.4 is 5.32 Å². The van der Waals surface area contributed by atoms with E-state index in [1.54, 1.807) is 0 Å². The highest BCUT2D eigenvalue weighted by Gasteiger charge is 2.34. The maximum absolute atomic E-state index is 3.30. The summed E-state index contributed by atoms with van der Waals surface area (Å²) in [5.74, 6) is 1.94. The molecule has 124 valence electrons. The van der Waals surface area contributed by atoms with Gasteiger partial charge in [0.1, 0.15) is 0 Å². The zero-order valence-electron chi connectivity index (χ0n) is 15.0. The van der Waals surface area contributed by atoms with Gasteiger partial charge >= 0.3 is 0 Å². The number of hydrogen-bond donors (Lipinski definition) is 1. The molecule has 0 bridgehead atoms. The SMILES string of the molecule is CCC(C)(C)C1CCC(N2CCC(CCNC)CC2)CC1. The Kier molecular flexibility index (Phi) is 6.55. The summed E-state index contributed by atoms with van der Waals surface area (Å²) in [6.07, 6.45) is 11.4. The minimum Gasteiger partial charge on any atom is -0.320 e. The predicted molar refractivity (Wildman–Crippen MR) is 92.7 cm³/mol. The third kappa shape index (κ3) is 4.69. The molecule has 1 saturated carbocycles. The molecule has 0 radical (unpaired) electrons. The van der Waals surface area contributed by atoms with Crippen molar-refractivity contribution in [2.45, 2.75) is 78.2 Å². The minimum atomic E-state index is 0.561. The molecule has 1 aliphatic carbocycles. The summed E-state index contributed by atoms with van der Waals surface area (Å²) in [5, 5.41) is 3.30. The lowest BCUT2D eigenvalue weighted by atomic mass is 9.68. The number of likely N-dealkylation sites (tertiary alicyclic amines) is 1. The van der Waals surface area contributed by atoms with Crippen molar-refractivity contribution < 1.29 is 0 Å². The van der Waals surface area contributed by atoms with Gasteiger partial charge in [0, 0.05) is 6.04 Å². The molecule has 2 heteroatoms. The van der Waals surface area contributed by atoms with Gasteiger partial charge in [0.05, 0.1) is 0 Å². The van der Waals surface area contributed by atoms with Crippen LogP contribution in [0.3, 0.4) is 0 Å². The third-order valence-electron chi connectivity index (χ3n) is 6.68. The van der Waals surface area contributed by atoms with E-state index in [2.05, 4.69) is 38.0 Å². The zero-order chi connectivity index (χ0) is 15.3. The van der Waals surface area contributed by atoms with E-state index in [9.17, 15) is 0 Å². The summed E-state index contributed by atoms with van der Waals surface area (Å²) in [5.41, 5.74) is 0.561. The summed E-state index contributed by atoms with van der Waals surface area (Å²) in [6.45, 7) is 11.2. The lowest BCUT2D eigenvalue weighted by molar-refractivity contribution is 0.0628. The predicted octanol–water partition coefficient (Wildman–Crippen LogP) is 4.30. The number of hydrogen-bond acceptors (Lipinski definition) is 2. The van der Waals surface area contributed by atoms with Crippen molar-refractivity contribution in [3.05, 3.63) is 0 Å². The fraction of sp³-hybridized carbons (Fsp3) is 1.00. The van der Waals surface area contributed by atoms with Crippen LogP contribution in [0, 0.1) is 17.3 Å². The Bertz CT molecular complexity index is 284. The van der Waals surface area contributed by atoms with E-state index in [0.29, 0.717) is 5.41 Å². The molecule has 0 unspecified atom stereocenters. The molecule has 1 aliphatic heterocycles. The highest BCUT2D eigenvalue weighted by Crippen LogP contribution is 2.41. The third-order valence-corrected chi connectivity index (χ3v) is 6.68. The van der Waals surface area contributed by atoms with Gasteiger partial charge in [0.15, 0.2) is 0 Å². The molecule has 2 rings (SSSR count). The number of rotatable bonds is 6. The van der Waals surface area contributed by atoms with Crippen LogP contribution >= 0.6 is 0 Å². The normalized spacial score (nSPS) is 29.7. The first-order valence-electron chi connectivity index (χ1n) is 9.45. The van der Waals surface area contributed by atoms with E-state index in [-0.39, 0.29) is 0 Å². The lowest BCUT2D eigenvalue weighted by Gasteiger charge is -2.44. The van der Waals surface area contributed by atoms with Gasteiger partial charge in [0.25, 0.3) is 0 Å². The Labute approximate surface area is 133 Å². The highest BCUT2D eigenvalue weighted by molar-refractivity contribution is 4.87. The molecule has 0 aromatic heterocycles. The second-order valence-electron chi connectivity index (χ2n) is 8.22. The standard InChI is InChI=1S/C19H38N2/c1-5-19(2,3)17-6-8-18(9-7-17)21-14-11-16(12-15-21)10-13-20-4/h16-18,20H,5-15H2,1-4H3. The Morgan fingerprint density at radius 1 is 1.00 bits per heavy atom. The van der Waals surface area contributed by atoms with Gasteiger partial charge in [0.2, 0.25) is 0 Å². The Morgan fingerprint density at radius 3 is 2.14 bits per heavy atom. The monoisotopic (exact) mass is 294 g/mol. The first-order chi connectivity index (χ1) is 10.1. The average Bonchev–Trinajstić information content (AvgIpc) is 2.53. The molecule has 2 nitrogen and oxygen atoms in total. The molecule has 2 fully saturated rings. The molecular formula is C19H38N2. The van der Waals surface area contributed by atoms with Gasteiger partial charge in [-0.25, -0.2) is 0 Å². The molecule has 1 N–H and O–H groups in total. The first-order valence-corrected chi connectivity index (χ1v) is 9.45. The maximum Gasteiger partial charge on any atom is 0.00954 e. The summed E-state index contributed by atoms with van der Waals surface area (Å²) < 4.78 is 0. The zero-order valence-corrected chi connectivity index (χ0v) is 15.0. The topological polar surface area (TPSA) is 15.3 Å². The molecule has 1 saturated heterocycles. The molecule has 0 atom stereocenters. The van der Waals surface area contributed by atoms with Crippen LogP contribution in [-0.4, -0.2) is 37.6 Å². The molecule has 0 aromatic carbocycles. The summed E-state index contributed by atoms with van der Waals surface area (Å²) in [4.78, 5) is 2.82. The van der Waals surface area contributed by atoms with E-state index in [1.165, 1.54) is 71.0 Å². The summed E-state index contributed by atoms with van der Waals surface area (Å²) >= 11 is 0. The number of piperidine rings is 1. The molecule has 1 heterocycles. The quantitative estimate of drug-likeness (QED) is 0.785. The van der Waals surface area contributed by atoms with Gasteiger partial charge in [-0.1, -0.05) is 27.2 Å². The maximum atomic E-state index is 3.30. The van der Waals surface area contributed by atoms with Crippen LogP contribution in [0.5, 0.6) is 0 Å². The minimum absolute atomic E-state index is 0.561. The lowest BCUT2D eigenvalue weighted by Crippen LogP contribution is -2.44. The number of nitrogens with one attached hydrogen (secondary N) is 1. The largest absolute Gasteiger partial charge is 0.320 e. The van der Waals surface area contributed by atoms with E-state index in [0.717, 1.165) is 17.9 Å². The van der Waals surface area contributed by atoms with E-state index < -0.39 is 0 Å². The second-order valence-corrected chi connectivity index (χ2v) is 8.22. The Balaban J connectivity index is 1.72. The summed E-state index contributed by atoms with van der Waals surface area (Å²) in [6, 6.07) is 0.902. The average molecular weight is 295 g/mol. The van der Waals surface area contributed by atoms with Gasteiger partial charge in [-0.2, -0.15) is 0 Å². The fourth-order valence-electron chi connectivity index (χ4n) is 4.47. The van der Waals surface area contributed by atoms with Crippen LogP contribution in [0.15, 0.2) is 0 Å². The first kappa shape index (κ1) is 17.3. The van der Waals surface area contributed by atoms with Crippen molar-refractivity contribution in [2.24, 2.45) is 17.3 Å². The van der Waals surface area contributed by atoms with Crippen molar-refractivity contribution in [3.63, 3.8) is 0 Å². The smallest absolute Gasteiger partial charge is 0.00954 e. The van der Waals surface area contributed by atoms with Crippen LogP contribution in [0.2, 0.25) is 0 Å². The van der Waals surface area contributed by atoms with Crippen molar-refractivity contribution in [1.29, 1.82) is 0 Å². The van der Waals surface area contributed by atoms with Crippen molar-refractivity contribution in [1.82, 2.24) is 10.2 Å². The Morgan fingerprint density at radius 2 is 1.62 bits per heavy atom. The molecule has 2 aliphatic rings. The number of nitrogens with zero attached hydrogens (tertiary/aromatic N) is 1. The highest BCUT2D eigenvalue weighted by atomic mass is 15.2. The Hall–Kier alpha value is -0.0800. The van der Waals surface area contributed by atoms with E-state index in [4.69, 9.17) is 0 Å². The molecule has 0 spiro atoms. The van der Waals surface area contributed by atoms with Gasteiger partial charge in [-0.15, -0.1) is 0 Å². The summed E-state index contributed by atoms with van der Waals surface area (Å²) in [7, 11) is 2.07. The van der Waals surface area contributed by atoms with Crippen molar-refractivity contribution in [2.75, 3.05) is 26.7 Å².